The molecule has 2 rings (SSSR count). The van der Waals surface area contributed by atoms with Gasteiger partial charge in [-0.1, -0.05) is 48.0 Å². The van der Waals surface area contributed by atoms with Crippen LogP contribution in [-0.4, -0.2) is 17.8 Å². The predicted molar refractivity (Wildman–Crippen MR) is 123 cm³/mol. The molecular weight excluding hydrogens is 408 g/mol. The maximum atomic E-state index is 11.5. The third-order valence-electron chi connectivity index (χ3n) is 4.67. The summed E-state index contributed by atoms with van der Waals surface area (Å²) in [5, 5.41) is 12.1. The molecule has 32 heavy (non-hydrogen) atoms. The van der Waals surface area contributed by atoms with Crippen molar-refractivity contribution in [3.8, 4) is 11.5 Å². The summed E-state index contributed by atoms with van der Waals surface area (Å²) in [6, 6.07) is 11.3. The second kappa shape index (κ2) is 12.8. The lowest BCUT2D eigenvalue weighted by molar-refractivity contribution is -0.124. The Labute approximate surface area is 187 Å². The first-order valence-corrected chi connectivity index (χ1v) is 10.2. The molecule has 0 saturated carbocycles. The van der Waals surface area contributed by atoms with Gasteiger partial charge in [0, 0.05) is 22.1 Å². The number of benzene rings is 2. The van der Waals surface area contributed by atoms with Gasteiger partial charge in [0.25, 0.3) is 5.91 Å². The maximum Gasteiger partial charge on any atom is 0.267 e. The van der Waals surface area contributed by atoms with E-state index >= 15 is 0 Å². The van der Waals surface area contributed by atoms with Crippen molar-refractivity contribution in [3.63, 3.8) is 0 Å². The van der Waals surface area contributed by atoms with Gasteiger partial charge >= 0.3 is 0 Å². The van der Waals surface area contributed by atoms with Crippen LogP contribution in [0.25, 0.3) is 16.5 Å². The van der Waals surface area contributed by atoms with E-state index in [4.69, 9.17) is 20.2 Å². The van der Waals surface area contributed by atoms with Crippen molar-refractivity contribution >= 4 is 12.0 Å². The van der Waals surface area contributed by atoms with Gasteiger partial charge in [0.05, 0.1) is 0 Å². The van der Waals surface area contributed by atoms with Gasteiger partial charge in [-0.3, -0.25) is 10.0 Å². The van der Waals surface area contributed by atoms with Gasteiger partial charge in [-0.2, -0.15) is 0 Å². The normalized spacial score (nSPS) is 10.4. The molecule has 0 aliphatic heterocycles. The predicted octanol–water partition coefficient (Wildman–Crippen LogP) is 5.50. The Balaban J connectivity index is 2.32. The first kappa shape index (κ1) is 24.5. The first-order chi connectivity index (χ1) is 15.5. The number of nitrogens with zero attached hydrogens (tertiary/aromatic N) is 3. The van der Waals surface area contributed by atoms with Gasteiger partial charge in [-0.15, -0.1) is 0 Å². The van der Waals surface area contributed by atoms with Crippen LogP contribution in [0, 0.1) is 0 Å². The van der Waals surface area contributed by atoms with E-state index in [1.165, 1.54) is 17.2 Å². The Morgan fingerprint density at radius 3 is 2.56 bits per heavy atom. The number of allylic oxidation sites excluding steroid dienone is 2. The lowest BCUT2D eigenvalue weighted by Gasteiger charge is -2.17. The minimum Gasteiger partial charge on any atom is -0.488 e. The summed E-state index contributed by atoms with van der Waals surface area (Å²) in [6.07, 6.45) is 6.58. The number of hydroxylamine groups is 1. The number of hydrogen-bond donors (Lipinski definition) is 2. The van der Waals surface area contributed by atoms with E-state index in [0.717, 1.165) is 23.1 Å². The van der Waals surface area contributed by atoms with Gasteiger partial charge in [0.2, 0.25) is 0 Å². The van der Waals surface area contributed by atoms with Crippen molar-refractivity contribution in [3.05, 3.63) is 86.8 Å². The lowest BCUT2D eigenvalue weighted by atomic mass is 9.96. The molecule has 0 bridgehead atoms. The fraction of sp³-hybridized carbons (Fsp3) is 0.292. The van der Waals surface area contributed by atoms with E-state index in [-0.39, 0.29) is 6.73 Å². The first-order valence-electron chi connectivity index (χ1n) is 10.2. The number of amides is 1. The Kier molecular flexibility index (Phi) is 9.84. The van der Waals surface area contributed by atoms with Crippen LogP contribution in [0.15, 0.2) is 59.2 Å². The fourth-order valence-corrected chi connectivity index (χ4v) is 3.02. The number of carbonyl (C=O) groups excluding carboxylic acids is 1. The third kappa shape index (κ3) is 7.50. The number of hydrogen-bond acceptors (Lipinski definition) is 5. The Morgan fingerprint density at radius 2 is 1.94 bits per heavy atom. The molecule has 0 spiro atoms. The van der Waals surface area contributed by atoms with Crippen molar-refractivity contribution in [1.82, 2.24) is 5.48 Å². The van der Waals surface area contributed by atoms with Crippen LogP contribution in [0.2, 0.25) is 0 Å². The van der Waals surface area contributed by atoms with Gasteiger partial charge in [0.15, 0.2) is 6.73 Å². The van der Waals surface area contributed by atoms with Crippen LogP contribution in [0.3, 0.4) is 0 Å². The minimum absolute atomic E-state index is 0.0685. The highest BCUT2D eigenvalue weighted by molar-refractivity contribution is 5.91. The highest BCUT2D eigenvalue weighted by Crippen LogP contribution is 2.31. The van der Waals surface area contributed by atoms with Crippen LogP contribution < -0.4 is 15.0 Å². The lowest BCUT2D eigenvalue weighted by Crippen LogP contribution is -2.14. The summed E-state index contributed by atoms with van der Waals surface area (Å²) in [7, 11) is 0. The van der Waals surface area contributed by atoms with Crippen molar-refractivity contribution < 1.29 is 19.5 Å². The van der Waals surface area contributed by atoms with Gasteiger partial charge < -0.3 is 9.47 Å². The van der Waals surface area contributed by atoms with E-state index < -0.39 is 5.91 Å². The van der Waals surface area contributed by atoms with E-state index in [9.17, 15) is 4.79 Å². The van der Waals surface area contributed by atoms with Crippen LogP contribution in [0.5, 0.6) is 11.5 Å². The zero-order valence-corrected chi connectivity index (χ0v) is 18.5. The number of rotatable bonds is 11. The highest BCUT2D eigenvalue weighted by Gasteiger charge is 2.13. The van der Waals surface area contributed by atoms with Crippen LogP contribution in [-0.2, 0) is 24.2 Å². The van der Waals surface area contributed by atoms with Gasteiger partial charge in [-0.25, -0.2) is 5.48 Å². The summed E-state index contributed by atoms with van der Waals surface area (Å²) in [5.74, 6) is 0.683. The smallest absolute Gasteiger partial charge is 0.267 e. The quantitative estimate of drug-likeness (QED) is 0.0919. The van der Waals surface area contributed by atoms with Gasteiger partial charge in [0.1, 0.15) is 18.1 Å². The van der Waals surface area contributed by atoms with Crippen molar-refractivity contribution in [1.29, 1.82) is 0 Å². The monoisotopic (exact) mass is 436 g/mol. The maximum absolute atomic E-state index is 11.5. The number of aryl methyl sites for hydroxylation is 1. The SMILES string of the molecule is CCc1ccc(/C=C/C(=O)NO)c(OCc2ccc(OCN=[N+]=[N-])cc2)c1CC=C(C)C. The second-order valence-corrected chi connectivity index (χ2v) is 7.21. The second-order valence-electron chi connectivity index (χ2n) is 7.21. The van der Waals surface area contributed by atoms with Crippen LogP contribution in [0.1, 0.15) is 43.0 Å². The molecule has 0 aromatic heterocycles. The number of carbonyl (C=O) groups is 1. The summed E-state index contributed by atoms with van der Waals surface area (Å²) in [4.78, 5) is 14.1. The van der Waals surface area contributed by atoms with Crippen LogP contribution >= 0.6 is 0 Å². The summed E-state index contributed by atoms with van der Waals surface area (Å²) in [6.45, 7) is 6.44. The Morgan fingerprint density at radius 1 is 1.19 bits per heavy atom. The molecule has 1 amide bonds. The molecule has 2 aromatic rings. The largest absolute Gasteiger partial charge is 0.488 e. The molecule has 0 fully saturated rings. The molecule has 0 unspecified atom stereocenters. The highest BCUT2D eigenvalue weighted by atomic mass is 16.5. The minimum atomic E-state index is -0.613. The van der Waals surface area contributed by atoms with E-state index in [2.05, 4.69) is 23.0 Å². The molecular formula is C24H28N4O4. The molecule has 0 aliphatic carbocycles. The topological polar surface area (TPSA) is 117 Å². The van der Waals surface area contributed by atoms with Crippen molar-refractivity contribution in [2.24, 2.45) is 5.11 Å². The van der Waals surface area contributed by atoms with E-state index in [1.807, 2.05) is 38.1 Å². The standard InChI is InChI=1S/C24H28N4O4/c1-4-19-8-9-20(10-14-23(29)27-30)24(22(19)13-5-17(2)3)31-15-18-6-11-21(12-7-18)32-16-26-28-25/h5-12,14,30H,4,13,15-16H2,1-3H3,(H,27,29)/b14-10+. The summed E-state index contributed by atoms with van der Waals surface area (Å²) in [5.41, 5.74) is 15.0. The molecule has 2 N–H and O–H groups in total. The molecule has 0 atom stereocenters. The average Bonchev–Trinajstić information content (AvgIpc) is 2.80. The third-order valence-corrected chi connectivity index (χ3v) is 4.67. The molecule has 0 saturated heterocycles. The Hall–Kier alpha value is -3.74. The Bertz CT molecular complexity index is 1020. The fourth-order valence-electron chi connectivity index (χ4n) is 3.02. The molecule has 8 nitrogen and oxygen atoms in total. The average molecular weight is 437 g/mol. The molecule has 168 valence electrons. The van der Waals surface area contributed by atoms with Crippen molar-refractivity contribution in [2.75, 3.05) is 6.73 Å². The zero-order valence-electron chi connectivity index (χ0n) is 18.5. The van der Waals surface area contributed by atoms with Gasteiger partial charge in [-0.05, 0) is 61.6 Å². The molecule has 0 aliphatic rings. The molecule has 8 heteroatoms. The van der Waals surface area contributed by atoms with Crippen LogP contribution in [0.4, 0.5) is 0 Å². The number of nitrogens with one attached hydrogen (secondary N) is 1. The summed E-state index contributed by atoms with van der Waals surface area (Å²) >= 11 is 0. The molecule has 0 radical (unpaired) electrons. The summed E-state index contributed by atoms with van der Waals surface area (Å²) < 4.78 is 11.6. The molecule has 0 heterocycles. The van der Waals surface area contributed by atoms with E-state index in [0.29, 0.717) is 24.5 Å². The number of azide groups is 1. The molecule has 2 aromatic carbocycles. The zero-order chi connectivity index (χ0) is 23.3. The van der Waals surface area contributed by atoms with Crippen molar-refractivity contribution in [2.45, 2.75) is 40.2 Å². The van der Waals surface area contributed by atoms with E-state index in [1.54, 1.807) is 23.7 Å². The number of ether oxygens (including phenoxy) is 2.